The quantitative estimate of drug-likeness (QED) is 0.733. The van der Waals surface area contributed by atoms with Crippen molar-refractivity contribution in [1.82, 2.24) is 0 Å². The molecule has 21 heavy (non-hydrogen) atoms. The summed E-state index contributed by atoms with van der Waals surface area (Å²) in [5.74, 6) is -0.355. The minimum atomic E-state index is -0.355. The minimum absolute atomic E-state index is 0.215. The summed E-state index contributed by atoms with van der Waals surface area (Å²) < 4.78 is 0.666. The van der Waals surface area contributed by atoms with Crippen molar-refractivity contribution in [3.8, 4) is 0 Å². The summed E-state index contributed by atoms with van der Waals surface area (Å²) in [7, 11) is 0. The molecule has 3 nitrogen and oxygen atoms in total. The van der Waals surface area contributed by atoms with Crippen molar-refractivity contribution in [2.24, 2.45) is 5.73 Å². The predicted octanol–water partition coefficient (Wildman–Crippen LogP) is 4.64. The van der Waals surface area contributed by atoms with E-state index >= 15 is 0 Å². The maximum Gasteiger partial charge on any atom is 0.257 e. The van der Waals surface area contributed by atoms with E-state index in [-0.39, 0.29) is 15.9 Å². The molecule has 7 heteroatoms. The fourth-order valence-corrected chi connectivity index (χ4v) is 2.63. The van der Waals surface area contributed by atoms with E-state index in [1.54, 1.807) is 36.4 Å². The van der Waals surface area contributed by atoms with Crippen molar-refractivity contribution < 1.29 is 4.79 Å². The van der Waals surface area contributed by atoms with E-state index in [0.29, 0.717) is 26.3 Å². The van der Waals surface area contributed by atoms with Crippen molar-refractivity contribution in [3.63, 3.8) is 0 Å². The molecule has 2 aromatic carbocycles. The van der Waals surface area contributed by atoms with Gasteiger partial charge in [-0.3, -0.25) is 4.79 Å². The molecule has 2 aromatic rings. The van der Waals surface area contributed by atoms with Gasteiger partial charge in [0, 0.05) is 10.0 Å². The molecule has 0 aromatic heterocycles. The number of rotatable bonds is 3. The average Bonchev–Trinajstić information content (AvgIpc) is 2.43. The van der Waals surface area contributed by atoms with E-state index in [0.717, 1.165) is 0 Å². The molecule has 0 atom stereocenters. The first-order chi connectivity index (χ1) is 9.90. The number of hydrogen-bond acceptors (Lipinski definition) is 2. The number of benzene rings is 2. The third kappa shape index (κ3) is 3.74. The molecule has 1 amide bonds. The second-order valence-electron chi connectivity index (χ2n) is 4.11. The third-order valence-electron chi connectivity index (χ3n) is 2.70. The van der Waals surface area contributed by atoms with Gasteiger partial charge in [-0.15, -0.1) is 0 Å². The topological polar surface area (TPSA) is 55.1 Å². The van der Waals surface area contributed by atoms with Crippen LogP contribution in [-0.2, 0) is 0 Å². The van der Waals surface area contributed by atoms with E-state index in [1.807, 2.05) is 0 Å². The van der Waals surface area contributed by atoms with Gasteiger partial charge in [-0.25, -0.2) is 0 Å². The van der Waals surface area contributed by atoms with Gasteiger partial charge in [0.2, 0.25) is 0 Å². The van der Waals surface area contributed by atoms with Crippen molar-refractivity contribution >= 4 is 67.9 Å². The third-order valence-corrected chi connectivity index (χ3v) is 4.41. The van der Waals surface area contributed by atoms with E-state index in [9.17, 15) is 4.79 Å². The number of carbonyl (C=O) groups is 1. The highest BCUT2D eigenvalue weighted by Crippen LogP contribution is 2.28. The Bertz CT molecular complexity index is 737. The number of hydrogen-bond donors (Lipinski definition) is 2. The number of anilines is 1. The Hall–Kier alpha value is -1.14. The standard InChI is InChI=1S/C14H9BrCl2N2OS/c15-9-6-7(13(18)21)4-5-11(9)19-14(20)8-2-1-3-10(16)12(8)17/h1-6H,(H2,18,21)(H,19,20). The van der Waals surface area contributed by atoms with Crippen LogP contribution in [0.3, 0.4) is 0 Å². The van der Waals surface area contributed by atoms with Gasteiger partial charge in [-0.05, 0) is 46.3 Å². The van der Waals surface area contributed by atoms with Crippen LogP contribution < -0.4 is 11.1 Å². The van der Waals surface area contributed by atoms with Crippen LogP contribution in [0.2, 0.25) is 10.0 Å². The zero-order valence-electron chi connectivity index (χ0n) is 10.5. The average molecular weight is 404 g/mol. The predicted molar refractivity (Wildman–Crippen MR) is 94.4 cm³/mol. The number of nitrogens with two attached hydrogens (primary N) is 1. The SMILES string of the molecule is NC(=S)c1ccc(NC(=O)c2cccc(Cl)c2Cl)c(Br)c1. The molecule has 0 bridgehead atoms. The number of amides is 1. The molecule has 0 aliphatic rings. The Balaban J connectivity index is 2.28. The van der Waals surface area contributed by atoms with Crippen LogP contribution in [0.5, 0.6) is 0 Å². The van der Waals surface area contributed by atoms with Gasteiger partial charge >= 0.3 is 0 Å². The van der Waals surface area contributed by atoms with Crippen LogP contribution in [0, 0.1) is 0 Å². The molecule has 0 heterocycles. The fourth-order valence-electron chi connectivity index (χ4n) is 1.64. The lowest BCUT2D eigenvalue weighted by Crippen LogP contribution is -2.14. The number of nitrogens with one attached hydrogen (secondary N) is 1. The molecule has 108 valence electrons. The highest BCUT2D eigenvalue weighted by atomic mass is 79.9. The van der Waals surface area contributed by atoms with E-state index < -0.39 is 0 Å². The summed E-state index contributed by atoms with van der Waals surface area (Å²) in [6.45, 7) is 0. The molecule has 0 aliphatic carbocycles. The number of carbonyl (C=O) groups excluding carboxylic acids is 1. The maximum atomic E-state index is 12.2. The Morgan fingerprint density at radius 2 is 1.95 bits per heavy atom. The minimum Gasteiger partial charge on any atom is -0.389 e. The van der Waals surface area contributed by atoms with Crippen molar-refractivity contribution in [2.45, 2.75) is 0 Å². The first-order valence-electron chi connectivity index (χ1n) is 5.75. The summed E-state index contributed by atoms with van der Waals surface area (Å²) >= 11 is 20.2. The van der Waals surface area contributed by atoms with E-state index in [2.05, 4.69) is 21.2 Å². The molecule has 0 unspecified atom stereocenters. The summed E-state index contributed by atoms with van der Waals surface area (Å²) in [5.41, 5.74) is 7.14. The van der Waals surface area contributed by atoms with Gasteiger partial charge in [0.15, 0.2) is 0 Å². The smallest absolute Gasteiger partial charge is 0.257 e. The molecule has 2 rings (SSSR count). The molecule has 0 saturated carbocycles. The molecule has 0 saturated heterocycles. The van der Waals surface area contributed by atoms with Gasteiger partial charge in [0.05, 0.1) is 21.3 Å². The largest absolute Gasteiger partial charge is 0.389 e. The second-order valence-corrected chi connectivity index (χ2v) is 6.19. The first-order valence-corrected chi connectivity index (χ1v) is 7.70. The van der Waals surface area contributed by atoms with Crippen molar-refractivity contribution in [3.05, 3.63) is 62.0 Å². The van der Waals surface area contributed by atoms with Crippen LogP contribution in [0.1, 0.15) is 15.9 Å². The van der Waals surface area contributed by atoms with E-state index in [4.69, 9.17) is 41.2 Å². The van der Waals surface area contributed by atoms with Gasteiger partial charge < -0.3 is 11.1 Å². The van der Waals surface area contributed by atoms with Crippen LogP contribution in [0.25, 0.3) is 0 Å². The summed E-state index contributed by atoms with van der Waals surface area (Å²) in [4.78, 5) is 12.5. The number of halogens is 3. The molecule has 0 radical (unpaired) electrons. The summed E-state index contributed by atoms with van der Waals surface area (Å²) in [5, 5.41) is 3.29. The van der Waals surface area contributed by atoms with Crippen molar-refractivity contribution in [2.75, 3.05) is 5.32 Å². The normalized spacial score (nSPS) is 10.2. The van der Waals surface area contributed by atoms with Crippen LogP contribution in [0.4, 0.5) is 5.69 Å². The fraction of sp³-hybridized carbons (Fsp3) is 0. The second kappa shape index (κ2) is 6.75. The highest BCUT2D eigenvalue weighted by Gasteiger charge is 2.14. The molecule has 3 N–H and O–H groups in total. The lowest BCUT2D eigenvalue weighted by molar-refractivity contribution is 0.102. The van der Waals surface area contributed by atoms with Crippen LogP contribution in [0.15, 0.2) is 40.9 Å². The van der Waals surface area contributed by atoms with E-state index in [1.165, 1.54) is 0 Å². The Morgan fingerprint density at radius 1 is 1.24 bits per heavy atom. The highest BCUT2D eigenvalue weighted by molar-refractivity contribution is 9.10. The maximum absolute atomic E-state index is 12.2. The van der Waals surface area contributed by atoms with Crippen molar-refractivity contribution in [1.29, 1.82) is 0 Å². The Morgan fingerprint density at radius 3 is 2.57 bits per heavy atom. The van der Waals surface area contributed by atoms with Crippen LogP contribution in [-0.4, -0.2) is 10.9 Å². The summed E-state index contributed by atoms with van der Waals surface area (Å²) in [6.07, 6.45) is 0. The Labute approximate surface area is 145 Å². The monoisotopic (exact) mass is 402 g/mol. The van der Waals surface area contributed by atoms with Gasteiger partial charge in [-0.1, -0.05) is 41.5 Å². The first kappa shape index (κ1) is 16.2. The lowest BCUT2D eigenvalue weighted by atomic mass is 10.2. The molecule has 0 spiro atoms. The van der Waals surface area contributed by atoms with Gasteiger partial charge in [0.1, 0.15) is 4.99 Å². The zero-order valence-corrected chi connectivity index (χ0v) is 14.4. The molecular formula is C14H9BrCl2N2OS. The molecule has 0 fully saturated rings. The molecular weight excluding hydrogens is 395 g/mol. The summed E-state index contributed by atoms with van der Waals surface area (Å²) in [6, 6.07) is 10.0. The zero-order chi connectivity index (χ0) is 15.6. The lowest BCUT2D eigenvalue weighted by Gasteiger charge is -2.10. The molecule has 0 aliphatic heterocycles. The number of thiocarbonyl (C=S) groups is 1. The van der Waals surface area contributed by atoms with Gasteiger partial charge in [-0.2, -0.15) is 0 Å². The van der Waals surface area contributed by atoms with Gasteiger partial charge in [0.25, 0.3) is 5.91 Å². The van der Waals surface area contributed by atoms with Crippen LogP contribution >= 0.6 is 51.3 Å². The Kier molecular flexibility index (Phi) is 5.22.